The Kier molecular flexibility index (Phi) is 6.82. The molecule has 1 aliphatic rings. The fourth-order valence-corrected chi connectivity index (χ4v) is 3.62. The lowest BCUT2D eigenvalue weighted by atomic mass is 10.1. The Bertz CT molecular complexity index is 846. The van der Waals surface area contributed by atoms with E-state index in [1.807, 2.05) is 36.1 Å². The number of ether oxygens (including phenoxy) is 2. The molecule has 1 aromatic carbocycles. The first-order valence-electron chi connectivity index (χ1n) is 9.33. The number of H-pyrrole nitrogens is 1. The first-order valence-corrected chi connectivity index (χ1v) is 9.74. The van der Waals surface area contributed by atoms with Crippen LogP contribution in [0.1, 0.15) is 24.0 Å². The molecule has 146 valence electrons. The number of hydrogen-bond donors (Lipinski definition) is 2. The standard InChI is InChI=1S/C20H27N3O3S/c1-14-5-3-6-15-11-16(19(24)22-18(14)15)12-23(13-17-7-4-9-26-17)20(27)21-8-10-25-2/h3,5-6,11,17H,4,7-10,12-13H2,1-2H3,(H,21,27)(H,22,24). The largest absolute Gasteiger partial charge is 0.383 e. The summed E-state index contributed by atoms with van der Waals surface area (Å²) < 4.78 is 10.9. The highest BCUT2D eigenvalue weighted by atomic mass is 32.1. The van der Waals surface area contributed by atoms with Crippen LogP contribution in [0.4, 0.5) is 0 Å². The van der Waals surface area contributed by atoms with E-state index in [0.29, 0.717) is 36.9 Å². The summed E-state index contributed by atoms with van der Waals surface area (Å²) in [5.41, 5.74) is 2.57. The van der Waals surface area contributed by atoms with E-state index in [2.05, 4.69) is 10.3 Å². The number of benzene rings is 1. The van der Waals surface area contributed by atoms with Gasteiger partial charge in [0, 0.05) is 32.4 Å². The molecule has 1 fully saturated rings. The highest BCUT2D eigenvalue weighted by molar-refractivity contribution is 7.80. The fraction of sp³-hybridized carbons (Fsp3) is 0.500. The Balaban J connectivity index is 1.81. The fourth-order valence-electron chi connectivity index (χ4n) is 3.38. The van der Waals surface area contributed by atoms with Gasteiger partial charge in [0.25, 0.3) is 5.56 Å². The average Bonchev–Trinajstić information content (AvgIpc) is 3.16. The molecule has 0 amide bonds. The summed E-state index contributed by atoms with van der Waals surface area (Å²) in [6, 6.07) is 7.97. The zero-order valence-electron chi connectivity index (χ0n) is 15.9. The van der Waals surface area contributed by atoms with Crippen LogP contribution in [0.25, 0.3) is 10.9 Å². The number of hydrogen-bond acceptors (Lipinski definition) is 4. The Labute approximate surface area is 164 Å². The molecule has 1 saturated heterocycles. The van der Waals surface area contributed by atoms with Gasteiger partial charge < -0.3 is 24.7 Å². The molecule has 1 unspecified atom stereocenters. The normalized spacial score (nSPS) is 16.6. The van der Waals surface area contributed by atoms with E-state index >= 15 is 0 Å². The predicted octanol–water partition coefficient (Wildman–Crippen LogP) is 2.34. The van der Waals surface area contributed by atoms with Gasteiger partial charge in [-0.05, 0) is 49.0 Å². The van der Waals surface area contributed by atoms with Gasteiger partial charge in [0.2, 0.25) is 0 Å². The van der Waals surface area contributed by atoms with Gasteiger partial charge in [-0.25, -0.2) is 0 Å². The minimum absolute atomic E-state index is 0.0752. The van der Waals surface area contributed by atoms with Crippen LogP contribution in [-0.4, -0.2) is 54.5 Å². The van der Waals surface area contributed by atoms with Gasteiger partial charge in [0.1, 0.15) is 0 Å². The molecule has 3 rings (SSSR count). The molecule has 6 nitrogen and oxygen atoms in total. The van der Waals surface area contributed by atoms with Gasteiger partial charge in [-0.2, -0.15) is 0 Å². The van der Waals surface area contributed by atoms with E-state index in [4.69, 9.17) is 21.7 Å². The number of thiocarbonyl (C=S) groups is 1. The second-order valence-corrected chi connectivity index (χ2v) is 7.29. The summed E-state index contributed by atoms with van der Waals surface area (Å²) in [5.74, 6) is 0. The molecule has 0 spiro atoms. The number of para-hydroxylation sites is 1. The molecule has 7 heteroatoms. The van der Waals surface area contributed by atoms with Crippen LogP contribution in [0, 0.1) is 6.92 Å². The van der Waals surface area contributed by atoms with E-state index in [0.717, 1.165) is 35.9 Å². The van der Waals surface area contributed by atoms with Gasteiger partial charge in [0.05, 0.1) is 24.8 Å². The summed E-state index contributed by atoms with van der Waals surface area (Å²) in [5, 5.41) is 4.85. The molecule has 0 saturated carbocycles. The maximum Gasteiger partial charge on any atom is 0.253 e. The molecule has 2 aromatic rings. The Morgan fingerprint density at radius 2 is 2.33 bits per heavy atom. The van der Waals surface area contributed by atoms with Crippen molar-refractivity contribution in [2.24, 2.45) is 0 Å². The zero-order chi connectivity index (χ0) is 19.2. The molecule has 2 N–H and O–H groups in total. The summed E-state index contributed by atoms with van der Waals surface area (Å²) in [4.78, 5) is 17.7. The van der Waals surface area contributed by atoms with Crippen molar-refractivity contribution in [3.8, 4) is 0 Å². The van der Waals surface area contributed by atoms with Crippen molar-refractivity contribution >= 4 is 28.2 Å². The van der Waals surface area contributed by atoms with E-state index in [1.54, 1.807) is 7.11 Å². The predicted molar refractivity (Wildman–Crippen MR) is 111 cm³/mol. The molecule has 1 aromatic heterocycles. The van der Waals surface area contributed by atoms with E-state index < -0.39 is 0 Å². The number of fused-ring (bicyclic) bond motifs is 1. The molecule has 0 aliphatic carbocycles. The number of rotatable bonds is 7. The smallest absolute Gasteiger partial charge is 0.253 e. The number of pyridine rings is 1. The van der Waals surface area contributed by atoms with Crippen LogP contribution < -0.4 is 10.9 Å². The van der Waals surface area contributed by atoms with Crippen molar-refractivity contribution in [1.82, 2.24) is 15.2 Å². The van der Waals surface area contributed by atoms with Gasteiger partial charge in [-0.1, -0.05) is 18.2 Å². The highest BCUT2D eigenvalue weighted by Crippen LogP contribution is 2.18. The maximum atomic E-state index is 12.6. The Morgan fingerprint density at radius 1 is 1.48 bits per heavy atom. The van der Waals surface area contributed by atoms with Crippen molar-refractivity contribution < 1.29 is 9.47 Å². The number of aromatic amines is 1. The Morgan fingerprint density at radius 3 is 3.07 bits per heavy atom. The summed E-state index contributed by atoms with van der Waals surface area (Å²) in [7, 11) is 1.66. The number of methoxy groups -OCH3 is 1. The quantitative estimate of drug-likeness (QED) is 0.560. The van der Waals surface area contributed by atoms with E-state index in [-0.39, 0.29) is 11.7 Å². The molecular weight excluding hydrogens is 362 g/mol. The van der Waals surface area contributed by atoms with Gasteiger partial charge in [0.15, 0.2) is 5.11 Å². The summed E-state index contributed by atoms with van der Waals surface area (Å²) >= 11 is 5.57. The van der Waals surface area contributed by atoms with Gasteiger partial charge >= 0.3 is 0 Å². The third-order valence-corrected chi connectivity index (χ3v) is 5.25. The van der Waals surface area contributed by atoms with Crippen LogP contribution in [-0.2, 0) is 16.0 Å². The molecule has 0 bridgehead atoms. The first kappa shape index (κ1) is 19.8. The van der Waals surface area contributed by atoms with Crippen LogP contribution in [0.15, 0.2) is 29.1 Å². The third-order valence-electron chi connectivity index (χ3n) is 4.84. The molecule has 1 aliphatic heterocycles. The van der Waals surface area contributed by atoms with Crippen LogP contribution in [0.3, 0.4) is 0 Å². The second-order valence-electron chi connectivity index (χ2n) is 6.90. The molecule has 0 radical (unpaired) electrons. The third kappa shape index (κ3) is 5.06. The minimum Gasteiger partial charge on any atom is -0.383 e. The molecule has 27 heavy (non-hydrogen) atoms. The van der Waals surface area contributed by atoms with Crippen molar-refractivity contribution in [3.63, 3.8) is 0 Å². The van der Waals surface area contributed by atoms with E-state index in [1.165, 1.54) is 0 Å². The van der Waals surface area contributed by atoms with Crippen molar-refractivity contribution in [2.45, 2.75) is 32.4 Å². The monoisotopic (exact) mass is 389 g/mol. The van der Waals surface area contributed by atoms with Crippen LogP contribution in [0.2, 0.25) is 0 Å². The lowest BCUT2D eigenvalue weighted by molar-refractivity contribution is 0.0895. The zero-order valence-corrected chi connectivity index (χ0v) is 16.7. The minimum atomic E-state index is -0.0752. The SMILES string of the molecule is COCCNC(=S)N(Cc1cc2cccc(C)c2[nH]c1=O)CC1CCCO1. The van der Waals surface area contributed by atoms with Gasteiger partial charge in [-0.15, -0.1) is 0 Å². The van der Waals surface area contributed by atoms with Crippen LogP contribution in [0.5, 0.6) is 0 Å². The average molecular weight is 390 g/mol. The maximum absolute atomic E-state index is 12.6. The number of aromatic nitrogens is 1. The lowest BCUT2D eigenvalue weighted by Crippen LogP contribution is -2.44. The lowest BCUT2D eigenvalue weighted by Gasteiger charge is -2.28. The molecule has 1 atom stereocenters. The topological polar surface area (TPSA) is 66.6 Å². The summed E-state index contributed by atoms with van der Waals surface area (Å²) in [6.07, 6.45) is 2.23. The van der Waals surface area contributed by atoms with Crippen molar-refractivity contribution in [3.05, 3.63) is 45.7 Å². The first-order chi connectivity index (χ1) is 13.1. The van der Waals surface area contributed by atoms with Gasteiger partial charge in [-0.3, -0.25) is 4.79 Å². The number of nitrogens with zero attached hydrogens (tertiary/aromatic N) is 1. The highest BCUT2D eigenvalue weighted by Gasteiger charge is 2.22. The molecule has 2 heterocycles. The van der Waals surface area contributed by atoms with Crippen molar-refractivity contribution in [2.75, 3.05) is 33.4 Å². The second kappa shape index (κ2) is 9.30. The van der Waals surface area contributed by atoms with Crippen LogP contribution >= 0.6 is 12.2 Å². The number of aryl methyl sites for hydroxylation is 1. The van der Waals surface area contributed by atoms with E-state index in [9.17, 15) is 4.79 Å². The van der Waals surface area contributed by atoms with Crippen molar-refractivity contribution in [1.29, 1.82) is 0 Å². The number of nitrogens with one attached hydrogen (secondary N) is 2. The Hall–Kier alpha value is -1.96. The summed E-state index contributed by atoms with van der Waals surface area (Å²) in [6.45, 7) is 5.10. The molecular formula is C20H27N3O3S.